The van der Waals surface area contributed by atoms with E-state index in [0.717, 1.165) is 66.1 Å². The zero-order valence-corrected chi connectivity index (χ0v) is 21.1. The number of amides is 1. The summed E-state index contributed by atoms with van der Waals surface area (Å²) in [7, 11) is 0. The zero-order valence-electron chi connectivity index (χ0n) is 21.1. The van der Waals surface area contributed by atoms with Gasteiger partial charge in [0.15, 0.2) is 5.69 Å². The fourth-order valence-electron chi connectivity index (χ4n) is 5.41. The number of fused-ring (bicyclic) bond motifs is 1. The first-order valence-electron chi connectivity index (χ1n) is 13.4. The lowest BCUT2D eigenvalue weighted by Crippen LogP contribution is -2.29. The molecule has 4 aromatic rings. The minimum atomic E-state index is -0.255. The maximum atomic E-state index is 13.2. The summed E-state index contributed by atoms with van der Waals surface area (Å²) in [4.78, 5) is 27.1. The number of piperidine rings is 2. The molecule has 0 atom stereocenters. The van der Waals surface area contributed by atoms with Gasteiger partial charge in [-0.2, -0.15) is 5.10 Å². The highest BCUT2D eigenvalue weighted by molar-refractivity contribution is 6.11. The summed E-state index contributed by atoms with van der Waals surface area (Å²) >= 11 is 0. The van der Waals surface area contributed by atoms with Gasteiger partial charge in [0.1, 0.15) is 0 Å². The number of carbonyl (C=O) groups excluding carboxylic acids is 1. The Balaban J connectivity index is 1.18. The summed E-state index contributed by atoms with van der Waals surface area (Å²) in [6.07, 6.45) is 13.1. The van der Waals surface area contributed by atoms with Crippen molar-refractivity contribution in [3.8, 4) is 11.1 Å². The number of hydrogen-bond donors (Lipinski definition) is 2. The Hall–Kier alpha value is -3.78. The molecule has 1 amide bonds. The van der Waals surface area contributed by atoms with Gasteiger partial charge in [0.2, 0.25) is 0 Å². The van der Waals surface area contributed by atoms with E-state index in [9.17, 15) is 4.79 Å². The second-order valence-electron chi connectivity index (χ2n) is 10.1. The molecule has 0 bridgehead atoms. The van der Waals surface area contributed by atoms with E-state index in [1.807, 2.05) is 42.7 Å². The van der Waals surface area contributed by atoms with Crippen molar-refractivity contribution in [2.75, 3.05) is 36.4 Å². The first kappa shape index (κ1) is 23.6. The van der Waals surface area contributed by atoms with E-state index in [1.54, 1.807) is 6.20 Å². The lowest BCUT2D eigenvalue weighted by Gasteiger charge is -2.28. The van der Waals surface area contributed by atoms with Crippen LogP contribution in [0.5, 0.6) is 0 Å². The molecule has 8 nitrogen and oxygen atoms in total. The van der Waals surface area contributed by atoms with Crippen molar-refractivity contribution >= 4 is 28.2 Å². The highest BCUT2D eigenvalue weighted by atomic mass is 16.1. The van der Waals surface area contributed by atoms with Crippen LogP contribution in [-0.4, -0.2) is 57.2 Å². The van der Waals surface area contributed by atoms with Crippen molar-refractivity contribution < 1.29 is 4.79 Å². The molecule has 0 aliphatic carbocycles. The standard InChI is InChI=1S/C29H33N7O/c37-29(32-23-8-9-24(31-18-23)20-35-11-3-1-4-12-35)28-26-16-21(7-10-27(26)33-34-28)22-15-25(19-30-17-22)36-13-5-2-6-14-36/h7-10,15-19H,1-6,11-14,20H2,(H,32,37)(H,33,34). The Morgan fingerprint density at radius 1 is 0.865 bits per heavy atom. The monoisotopic (exact) mass is 495 g/mol. The molecule has 2 saturated heterocycles. The lowest BCUT2D eigenvalue weighted by atomic mass is 10.0. The van der Waals surface area contributed by atoms with Crippen LogP contribution >= 0.6 is 0 Å². The van der Waals surface area contributed by atoms with E-state index in [1.165, 1.54) is 38.5 Å². The maximum absolute atomic E-state index is 13.2. The molecule has 0 saturated carbocycles. The molecule has 0 radical (unpaired) electrons. The second-order valence-corrected chi connectivity index (χ2v) is 10.1. The lowest BCUT2D eigenvalue weighted by molar-refractivity contribution is 0.102. The molecule has 2 aliphatic heterocycles. The molecule has 2 fully saturated rings. The highest BCUT2D eigenvalue weighted by Gasteiger charge is 2.17. The first-order chi connectivity index (χ1) is 18.2. The number of likely N-dealkylation sites (tertiary alicyclic amines) is 1. The molecule has 2 N–H and O–H groups in total. The summed E-state index contributed by atoms with van der Waals surface area (Å²) in [5, 5.41) is 11.1. The number of aromatic amines is 1. The molecule has 1 aromatic carbocycles. The average molecular weight is 496 g/mol. The van der Waals surface area contributed by atoms with Gasteiger partial charge in [-0.05, 0) is 81.1 Å². The summed E-state index contributed by atoms with van der Waals surface area (Å²) < 4.78 is 0. The van der Waals surface area contributed by atoms with Gasteiger partial charge < -0.3 is 10.2 Å². The van der Waals surface area contributed by atoms with Crippen molar-refractivity contribution in [2.45, 2.75) is 45.1 Å². The predicted molar refractivity (Wildman–Crippen MR) is 147 cm³/mol. The summed E-state index contributed by atoms with van der Waals surface area (Å²) in [6.45, 7) is 5.27. The highest BCUT2D eigenvalue weighted by Crippen LogP contribution is 2.29. The Morgan fingerprint density at radius 3 is 2.46 bits per heavy atom. The van der Waals surface area contributed by atoms with Crippen LogP contribution in [0.25, 0.3) is 22.0 Å². The molecule has 0 unspecified atom stereocenters. The van der Waals surface area contributed by atoms with E-state index in [-0.39, 0.29) is 5.91 Å². The zero-order chi connectivity index (χ0) is 25.0. The Morgan fingerprint density at radius 2 is 1.68 bits per heavy atom. The third-order valence-electron chi connectivity index (χ3n) is 7.47. The van der Waals surface area contributed by atoms with E-state index >= 15 is 0 Å². The van der Waals surface area contributed by atoms with Crippen LogP contribution < -0.4 is 10.2 Å². The van der Waals surface area contributed by atoms with E-state index < -0.39 is 0 Å². The third kappa shape index (κ3) is 5.34. The van der Waals surface area contributed by atoms with E-state index in [2.05, 4.69) is 41.3 Å². The van der Waals surface area contributed by atoms with Crippen LogP contribution in [0.15, 0.2) is 55.0 Å². The van der Waals surface area contributed by atoms with Gasteiger partial charge in [-0.15, -0.1) is 0 Å². The van der Waals surface area contributed by atoms with Gasteiger partial charge in [0.25, 0.3) is 5.91 Å². The molecule has 190 valence electrons. The Kier molecular flexibility index (Phi) is 6.82. The minimum Gasteiger partial charge on any atom is -0.370 e. The van der Waals surface area contributed by atoms with Crippen molar-refractivity contribution in [1.29, 1.82) is 0 Å². The fourth-order valence-corrected chi connectivity index (χ4v) is 5.41. The Bertz CT molecular complexity index is 1370. The van der Waals surface area contributed by atoms with Crippen LogP contribution in [0.3, 0.4) is 0 Å². The van der Waals surface area contributed by atoms with Gasteiger partial charge in [-0.1, -0.05) is 12.5 Å². The number of pyridine rings is 2. The van der Waals surface area contributed by atoms with Gasteiger partial charge in [0, 0.05) is 36.8 Å². The van der Waals surface area contributed by atoms with Crippen LogP contribution in [0.4, 0.5) is 11.4 Å². The molecule has 5 heterocycles. The number of rotatable bonds is 6. The number of anilines is 2. The maximum Gasteiger partial charge on any atom is 0.276 e. The second kappa shape index (κ2) is 10.7. The number of benzene rings is 1. The quantitative estimate of drug-likeness (QED) is 0.380. The normalized spacial score (nSPS) is 16.7. The number of aromatic nitrogens is 4. The topological polar surface area (TPSA) is 90.0 Å². The largest absolute Gasteiger partial charge is 0.370 e. The smallest absolute Gasteiger partial charge is 0.276 e. The fraction of sp³-hybridized carbons (Fsp3) is 0.379. The van der Waals surface area contributed by atoms with Crippen LogP contribution in [0, 0.1) is 0 Å². The molecule has 2 aliphatic rings. The van der Waals surface area contributed by atoms with Gasteiger partial charge >= 0.3 is 0 Å². The summed E-state index contributed by atoms with van der Waals surface area (Å²) in [6, 6.07) is 12.1. The molecule has 6 rings (SSSR count). The first-order valence-corrected chi connectivity index (χ1v) is 13.4. The number of nitrogens with zero attached hydrogens (tertiary/aromatic N) is 5. The van der Waals surface area contributed by atoms with Crippen molar-refractivity contribution in [1.82, 2.24) is 25.1 Å². The molecule has 8 heteroatoms. The Labute approximate surface area is 217 Å². The van der Waals surface area contributed by atoms with Gasteiger partial charge in [-0.25, -0.2) is 0 Å². The van der Waals surface area contributed by atoms with E-state index in [4.69, 9.17) is 0 Å². The van der Waals surface area contributed by atoms with Crippen LogP contribution in [-0.2, 0) is 6.54 Å². The molecule has 0 spiro atoms. The molecular formula is C29H33N7O. The third-order valence-corrected chi connectivity index (χ3v) is 7.47. The minimum absolute atomic E-state index is 0.255. The van der Waals surface area contributed by atoms with Crippen LogP contribution in [0.1, 0.15) is 54.7 Å². The summed E-state index contributed by atoms with van der Waals surface area (Å²) in [5.41, 5.74) is 6.08. The number of nitrogens with one attached hydrogen (secondary N) is 2. The number of carbonyl (C=O) groups is 1. The molecular weight excluding hydrogens is 462 g/mol. The van der Waals surface area contributed by atoms with Crippen molar-refractivity contribution in [2.24, 2.45) is 0 Å². The van der Waals surface area contributed by atoms with Crippen molar-refractivity contribution in [3.63, 3.8) is 0 Å². The number of H-pyrrole nitrogens is 1. The molecule has 37 heavy (non-hydrogen) atoms. The number of hydrogen-bond acceptors (Lipinski definition) is 6. The van der Waals surface area contributed by atoms with E-state index in [0.29, 0.717) is 11.4 Å². The van der Waals surface area contributed by atoms with Gasteiger partial charge in [-0.3, -0.25) is 24.8 Å². The molecule has 3 aromatic heterocycles. The van der Waals surface area contributed by atoms with Crippen LogP contribution in [0.2, 0.25) is 0 Å². The summed E-state index contributed by atoms with van der Waals surface area (Å²) in [5.74, 6) is -0.255. The SMILES string of the molecule is O=C(Nc1ccc(CN2CCCCC2)nc1)c1n[nH]c2ccc(-c3cncc(N4CCCCC4)c3)cc12. The average Bonchev–Trinajstić information content (AvgIpc) is 3.39. The predicted octanol–water partition coefficient (Wildman–Crippen LogP) is 5.25. The van der Waals surface area contributed by atoms with Crippen molar-refractivity contribution in [3.05, 3.63) is 66.4 Å². The van der Waals surface area contributed by atoms with Gasteiger partial charge in [0.05, 0.1) is 35.0 Å².